The summed E-state index contributed by atoms with van der Waals surface area (Å²) in [4.78, 5) is 28.2. The quantitative estimate of drug-likeness (QED) is 0.552. The number of halogens is 7. The zero-order valence-corrected chi connectivity index (χ0v) is 15.5. The van der Waals surface area contributed by atoms with Crippen molar-refractivity contribution in [2.24, 2.45) is 5.73 Å². The number of carboxylic acids is 2. The van der Waals surface area contributed by atoms with Crippen molar-refractivity contribution in [2.45, 2.75) is 37.7 Å². The van der Waals surface area contributed by atoms with Crippen LogP contribution in [0.3, 0.4) is 0 Å². The molecule has 0 aliphatic carbocycles. The van der Waals surface area contributed by atoms with Gasteiger partial charge in [-0.2, -0.15) is 26.3 Å². The molecule has 1 fully saturated rings. The van der Waals surface area contributed by atoms with Crippen molar-refractivity contribution in [3.63, 3.8) is 0 Å². The average molecular weight is 455 g/mol. The first-order valence-corrected chi connectivity index (χ1v) is 7.95. The van der Waals surface area contributed by atoms with Crippen LogP contribution in [0.1, 0.15) is 19.8 Å². The Balaban J connectivity index is 0.000000473. The molecule has 15 heteroatoms. The van der Waals surface area contributed by atoms with E-state index < -0.39 is 24.3 Å². The largest absolute Gasteiger partial charge is 0.490 e. The standard InChI is InChI=1S/C10H15ClN4.2C2HF3O2/c1-10(12)2-4-15(5-3-10)9-7-13-8(11)6-14-9;2*3-2(4,5)1(6)7/h6-7H,2-5,12H2,1H3;2*(H,6,7). The van der Waals surface area contributed by atoms with Gasteiger partial charge in [0.15, 0.2) is 0 Å². The number of aromatic nitrogens is 2. The van der Waals surface area contributed by atoms with E-state index in [2.05, 4.69) is 21.8 Å². The third-order valence-electron chi connectivity index (χ3n) is 3.32. The molecule has 1 aromatic heterocycles. The highest BCUT2D eigenvalue weighted by atomic mass is 35.5. The molecule has 1 aliphatic rings. The lowest BCUT2D eigenvalue weighted by Crippen LogP contribution is -2.48. The molecule has 0 aromatic carbocycles. The van der Waals surface area contributed by atoms with Crippen LogP contribution in [0.2, 0.25) is 5.15 Å². The van der Waals surface area contributed by atoms with Gasteiger partial charge in [0.05, 0.1) is 12.4 Å². The fraction of sp³-hybridized carbons (Fsp3) is 0.571. The first-order valence-electron chi connectivity index (χ1n) is 7.57. The maximum atomic E-state index is 10.6. The lowest BCUT2D eigenvalue weighted by Gasteiger charge is -2.37. The highest BCUT2D eigenvalue weighted by Gasteiger charge is 2.38. The first kappa shape index (κ1) is 26.6. The number of alkyl halides is 6. The molecule has 4 N–H and O–H groups in total. The maximum absolute atomic E-state index is 10.6. The smallest absolute Gasteiger partial charge is 0.475 e. The minimum absolute atomic E-state index is 0.0314. The van der Waals surface area contributed by atoms with Crippen molar-refractivity contribution < 1.29 is 46.1 Å². The molecule has 0 amide bonds. The van der Waals surface area contributed by atoms with Crippen molar-refractivity contribution in [1.82, 2.24) is 9.97 Å². The van der Waals surface area contributed by atoms with Crippen LogP contribution in [0.15, 0.2) is 12.4 Å². The zero-order chi connectivity index (χ0) is 23.0. The predicted octanol–water partition coefficient (Wildman–Crippen LogP) is 2.71. The van der Waals surface area contributed by atoms with Gasteiger partial charge in [-0.25, -0.2) is 19.6 Å². The first-order chi connectivity index (χ1) is 13.0. The highest BCUT2D eigenvalue weighted by Crippen LogP contribution is 2.22. The van der Waals surface area contributed by atoms with E-state index in [1.807, 2.05) is 0 Å². The molecule has 2 heterocycles. The number of piperidine rings is 1. The average Bonchev–Trinajstić information content (AvgIpc) is 2.55. The summed E-state index contributed by atoms with van der Waals surface area (Å²) in [5.74, 6) is -4.63. The molecule has 0 radical (unpaired) electrons. The molecule has 1 saturated heterocycles. The van der Waals surface area contributed by atoms with Gasteiger partial charge >= 0.3 is 24.3 Å². The molecule has 8 nitrogen and oxygen atoms in total. The fourth-order valence-electron chi connectivity index (χ4n) is 1.72. The van der Waals surface area contributed by atoms with Gasteiger partial charge < -0.3 is 20.8 Å². The van der Waals surface area contributed by atoms with Crippen LogP contribution in [0, 0.1) is 0 Å². The molecule has 0 atom stereocenters. The minimum Gasteiger partial charge on any atom is -0.475 e. The van der Waals surface area contributed by atoms with Gasteiger partial charge in [-0.05, 0) is 19.8 Å². The van der Waals surface area contributed by atoms with Crippen LogP contribution in [0.5, 0.6) is 0 Å². The molecule has 0 bridgehead atoms. The molecule has 29 heavy (non-hydrogen) atoms. The molecule has 1 aromatic rings. The van der Waals surface area contributed by atoms with Crippen molar-refractivity contribution in [3.8, 4) is 0 Å². The minimum atomic E-state index is -5.08. The normalized spacial score (nSPS) is 16.0. The maximum Gasteiger partial charge on any atom is 0.490 e. The Morgan fingerprint density at radius 3 is 1.69 bits per heavy atom. The van der Waals surface area contributed by atoms with Crippen LogP contribution < -0.4 is 10.6 Å². The Labute approximate surface area is 165 Å². The lowest BCUT2D eigenvalue weighted by molar-refractivity contribution is -0.193. The SMILES string of the molecule is CC1(N)CCN(c2cnc(Cl)cn2)CC1.O=C(O)C(F)(F)F.O=C(O)C(F)(F)F. The monoisotopic (exact) mass is 454 g/mol. The van der Waals surface area contributed by atoms with Crippen LogP contribution >= 0.6 is 11.6 Å². The summed E-state index contributed by atoms with van der Waals surface area (Å²) in [5.41, 5.74) is 6.03. The Hall–Kier alpha value is -2.35. The summed E-state index contributed by atoms with van der Waals surface area (Å²) in [5, 5.41) is 14.7. The van der Waals surface area contributed by atoms with E-state index in [0.717, 1.165) is 31.7 Å². The van der Waals surface area contributed by atoms with Crippen LogP contribution in [0.25, 0.3) is 0 Å². The molecular formula is C14H17ClF6N4O4. The Morgan fingerprint density at radius 1 is 1.03 bits per heavy atom. The van der Waals surface area contributed by atoms with Gasteiger partial charge in [-0.15, -0.1) is 0 Å². The molecule has 166 valence electrons. The second-order valence-electron chi connectivity index (χ2n) is 5.94. The number of nitrogens with two attached hydrogens (primary N) is 1. The zero-order valence-electron chi connectivity index (χ0n) is 14.8. The summed E-state index contributed by atoms with van der Waals surface area (Å²) in [7, 11) is 0. The van der Waals surface area contributed by atoms with E-state index in [9.17, 15) is 26.3 Å². The fourth-order valence-corrected chi connectivity index (χ4v) is 1.81. The Morgan fingerprint density at radius 2 is 1.41 bits per heavy atom. The summed E-state index contributed by atoms with van der Waals surface area (Å²) >= 11 is 5.68. The third kappa shape index (κ3) is 11.3. The molecule has 0 spiro atoms. The third-order valence-corrected chi connectivity index (χ3v) is 3.52. The Kier molecular flexibility index (Phi) is 9.59. The number of hydrogen-bond donors (Lipinski definition) is 3. The van der Waals surface area contributed by atoms with Gasteiger partial charge in [-0.3, -0.25) is 0 Å². The van der Waals surface area contributed by atoms with E-state index >= 15 is 0 Å². The number of nitrogens with zero attached hydrogens (tertiary/aromatic N) is 3. The molecule has 0 saturated carbocycles. The summed E-state index contributed by atoms with van der Waals surface area (Å²) < 4.78 is 63.5. The highest BCUT2D eigenvalue weighted by molar-refractivity contribution is 6.29. The van der Waals surface area contributed by atoms with Crippen LogP contribution in [-0.2, 0) is 9.59 Å². The van der Waals surface area contributed by atoms with Crippen LogP contribution in [0.4, 0.5) is 32.2 Å². The predicted molar refractivity (Wildman–Crippen MR) is 88.5 cm³/mol. The number of hydrogen-bond acceptors (Lipinski definition) is 6. The summed E-state index contributed by atoms with van der Waals surface area (Å²) in [6.07, 6.45) is -4.91. The molecule has 1 aliphatic heterocycles. The molecule has 0 unspecified atom stereocenters. The van der Waals surface area contributed by atoms with E-state index in [1.165, 1.54) is 0 Å². The number of carboxylic acid groups (broad SMARTS) is 2. The van der Waals surface area contributed by atoms with Crippen molar-refractivity contribution in [2.75, 3.05) is 18.0 Å². The topological polar surface area (TPSA) is 130 Å². The van der Waals surface area contributed by atoms with Crippen LogP contribution in [-0.4, -0.2) is 63.1 Å². The Bertz CT molecular complexity index is 648. The van der Waals surface area contributed by atoms with Gasteiger partial charge in [0.25, 0.3) is 0 Å². The van der Waals surface area contributed by atoms with E-state index in [-0.39, 0.29) is 5.54 Å². The second-order valence-corrected chi connectivity index (χ2v) is 6.33. The number of rotatable bonds is 1. The number of carbonyl (C=O) groups is 2. The van der Waals surface area contributed by atoms with E-state index in [1.54, 1.807) is 12.4 Å². The second kappa shape index (κ2) is 10.4. The van der Waals surface area contributed by atoms with E-state index in [4.69, 9.17) is 37.1 Å². The van der Waals surface area contributed by atoms with Gasteiger partial charge in [0, 0.05) is 18.6 Å². The van der Waals surface area contributed by atoms with Gasteiger partial charge in [0.2, 0.25) is 0 Å². The van der Waals surface area contributed by atoms with E-state index in [0.29, 0.717) is 5.15 Å². The lowest BCUT2D eigenvalue weighted by atomic mass is 9.91. The summed E-state index contributed by atoms with van der Waals surface area (Å²) in [6, 6.07) is 0. The van der Waals surface area contributed by atoms with Crippen molar-refractivity contribution in [3.05, 3.63) is 17.5 Å². The number of aliphatic carboxylic acids is 2. The number of anilines is 1. The van der Waals surface area contributed by atoms with Crippen molar-refractivity contribution >= 4 is 29.4 Å². The van der Waals surface area contributed by atoms with Crippen molar-refractivity contribution in [1.29, 1.82) is 0 Å². The van der Waals surface area contributed by atoms with Gasteiger partial charge in [0.1, 0.15) is 11.0 Å². The molecule has 2 rings (SSSR count). The summed E-state index contributed by atoms with van der Waals surface area (Å²) in [6.45, 7) is 3.96. The van der Waals surface area contributed by atoms with Gasteiger partial charge in [-0.1, -0.05) is 11.6 Å². The molecular weight excluding hydrogens is 438 g/mol.